The molecule has 0 saturated carbocycles. The highest BCUT2D eigenvalue weighted by atomic mass is 16.5. The number of rotatable bonds is 2. The van der Waals surface area contributed by atoms with E-state index in [0.29, 0.717) is 17.0 Å². The molecule has 0 atom stereocenters. The summed E-state index contributed by atoms with van der Waals surface area (Å²) in [6.07, 6.45) is 0. The van der Waals surface area contributed by atoms with Crippen LogP contribution >= 0.6 is 0 Å². The van der Waals surface area contributed by atoms with Crippen molar-refractivity contribution in [3.05, 3.63) is 71.9 Å². The Bertz CT molecular complexity index is 970. The zero-order valence-corrected chi connectivity index (χ0v) is 13.6. The van der Waals surface area contributed by atoms with Crippen molar-refractivity contribution in [3.8, 4) is 23.7 Å². The van der Waals surface area contributed by atoms with E-state index < -0.39 is 5.60 Å². The number of pyridine rings is 1. The van der Waals surface area contributed by atoms with Gasteiger partial charge in [-0.2, -0.15) is 5.26 Å². The molecule has 24 heavy (non-hydrogen) atoms. The molecule has 3 nitrogen and oxygen atoms in total. The second-order valence-electron chi connectivity index (χ2n) is 5.89. The molecule has 1 heterocycles. The van der Waals surface area contributed by atoms with Crippen molar-refractivity contribution in [3.63, 3.8) is 0 Å². The maximum absolute atomic E-state index is 8.83. The lowest BCUT2D eigenvalue weighted by Crippen LogP contribution is -2.25. The van der Waals surface area contributed by atoms with Crippen LogP contribution in [0, 0.1) is 23.2 Å². The van der Waals surface area contributed by atoms with E-state index in [9.17, 15) is 0 Å². The Morgan fingerprint density at radius 2 is 1.71 bits per heavy atom. The van der Waals surface area contributed by atoms with Crippen molar-refractivity contribution < 1.29 is 4.74 Å². The SMILES string of the molecule is CC(C)(C#Cc1ccc2ccccc2n1)Oc1ccc(C#N)cc1. The monoisotopic (exact) mass is 312 g/mol. The molecule has 0 spiro atoms. The summed E-state index contributed by atoms with van der Waals surface area (Å²) in [6, 6.07) is 21.0. The Hall–Kier alpha value is -3.30. The van der Waals surface area contributed by atoms with E-state index in [4.69, 9.17) is 10.00 Å². The van der Waals surface area contributed by atoms with Gasteiger partial charge in [0.05, 0.1) is 17.1 Å². The summed E-state index contributed by atoms with van der Waals surface area (Å²) < 4.78 is 5.90. The van der Waals surface area contributed by atoms with Crippen molar-refractivity contribution in [2.75, 3.05) is 0 Å². The normalized spacial score (nSPS) is 10.5. The number of hydrogen-bond acceptors (Lipinski definition) is 3. The second kappa shape index (κ2) is 6.44. The molecule has 0 bridgehead atoms. The number of benzene rings is 2. The smallest absolute Gasteiger partial charge is 0.164 e. The molecule has 3 aromatic rings. The summed E-state index contributed by atoms with van der Waals surface area (Å²) >= 11 is 0. The maximum Gasteiger partial charge on any atom is 0.164 e. The van der Waals surface area contributed by atoms with Crippen LogP contribution in [0.5, 0.6) is 5.75 Å². The van der Waals surface area contributed by atoms with E-state index in [0.717, 1.165) is 10.9 Å². The number of hydrogen-bond donors (Lipinski definition) is 0. The van der Waals surface area contributed by atoms with Gasteiger partial charge >= 0.3 is 0 Å². The third-order valence-electron chi connectivity index (χ3n) is 3.45. The zero-order valence-electron chi connectivity index (χ0n) is 13.6. The van der Waals surface area contributed by atoms with Crippen LogP contribution in [0.15, 0.2) is 60.7 Å². The van der Waals surface area contributed by atoms with Gasteiger partial charge in [-0.15, -0.1) is 0 Å². The minimum atomic E-state index is -0.665. The minimum Gasteiger partial charge on any atom is -0.475 e. The van der Waals surface area contributed by atoms with Crippen LogP contribution in [0.3, 0.4) is 0 Å². The van der Waals surface area contributed by atoms with Gasteiger partial charge in [0.2, 0.25) is 0 Å². The Balaban J connectivity index is 1.80. The van der Waals surface area contributed by atoms with Crippen molar-refractivity contribution >= 4 is 10.9 Å². The first-order valence-corrected chi connectivity index (χ1v) is 7.64. The molecular formula is C21H16N2O. The number of para-hydroxylation sites is 1. The lowest BCUT2D eigenvalue weighted by Gasteiger charge is -2.20. The largest absolute Gasteiger partial charge is 0.475 e. The predicted molar refractivity (Wildman–Crippen MR) is 94.5 cm³/mol. The molecule has 0 N–H and O–H groups in total. The van der Waals surface area contributed by atoms with Crippen LogP contribution in [0.1, 0.15) is 25.1 Å². The number of aromatic nitrogens is 1. The van der Waals surface area contributed by atoms with E-state index in [-0.39, 0.29) is 0 Å². The maximum atomic E-state index is 8.83. The number of nitriles is 1. The van der Waals surface area contributed by atoms with Crippen LogP contribution in [0.25, 0.3) is 10.9 Å². The Labute approximate surface area is 141 Å². The average molecular weight is 312 g/mol. The van der Waals surface area contributed by atoms with Crippen LogP contribution in [-0.2, 0) is 0 Å². The Morgan fingerprint density at radius 1 is 0.958 bits per heavy atom. The van der Waals surface area contributed by atoms with Crippen LogP contribution in [-0.4, -0.2) is 10.6 Å². The van der Waals surface area contributed by atoms with E-state index in [2.05, 4.69) is 22.9 Å². The van der Waals surface area contributed by atoms with Crippen molar-refractivity contribution in [2.45, 2.75) is 19.4 Å². The number of ether oxygens (including phenoxy) is 1. The van der Waals surface area contributed by atoms with Crippen LogP contribution < -0.4 is 4.74 Å². The fraction of sp³-hybridized carbons (Fsp3) is 0.143. The molecule has 0 amide bonds. The third-order valence-corrected chi connectivity index (χ3v) is 3.45. The Morgan fingerprint density at radius 3 is 2.46 bits per heavy atom. The van der Waals surface area contributed by atoms with E-state index in [1.54, 1.807) is 24.3 Å². The van der Waals surface area contributed by atoms with Crippen molar-refractivity contribution in [1.29, 1.82) is 5.26 Å². The molecule has 3 heteroatoms. The quantitative estimate of drug-likeness (QED) is 0.662. The topological polar surface area (TPSA) is 45.9 Å². The third kappa shape index (κ3) is 3.72. The molecule has 1 aromatic heterocycles. The summed E-state index contributed by atoms with van der Waals surface area (Å²) in [5.41, 5.74) is 1.58. The fourth-order valence-electron chi connectivity index (χ4n) is 2.27. The summed E-state index contributed by atoms with van der Waals surface area (Å²) in [7, 11) is 0. The van der Waals surface area contributed by atoms with Gasteiger partial charge in [0.1, 0.15) is 11.4 Å². The Kier molecular flexibility index (Phi) is 4.18. The highest BCUT2D eigenvalue weighted by Crippen LogP contribution is 2.18. The van der Waals surface area contributed by atoms with Gasteiger partial charge in [-0.05, 0) is 62.1 Å². The highest BCUT2D eigenvalue weighted by molar-refractivity contribution is 5.78. The molecule has 0 aliphatic carbocycles. The first-order valence-electron chi connectivity index (χ1n) is 7.64. The predicted octanol–water partition coefficient (Wildman–Crippen LogP) is 4.32. The highest BCUT2D eigenvalue weighted by Gasteiger charge is 2.16. The molecule has 0 aliphatic rings. The first kappa shape index (κ1) is 15.6. The summed E-state index contributed by atoms with van der Waals surface area (Å²) in [6.45, 7) is 3.80. The van der Waals surface area contributed by atoms with E-state index in [1.807, 2.05) is 50.2 Å². The number of nitrogens with zero attached hydrogens (tertiary/aromatic N) is 2. The molecule has 0 unspecified atom stereocenters. The van der Waals surface area contributed by atoms with Gasteiger partial charge < -0.3 is 4.74 Å². The van der Waals surface area contributed by atoms with Gasteiger partial charge in [-0.25, -0.2) is 4.98 Å². The molecule has 3 rings (SSSR count). The summed E-state index contributed by atoms with van der Waals surface area (Å²) in [5, 5.41) is 9.92. The van der Waals surface area contributed by atoms with E-state index in [1.165, 1.54) is 0 Å². The molecule has 0 saturated heterocycles. The van der Waals surface area contributed by atoms with Crippen LogP contribution in [0.4, 0.5) is 0 Å². The standard InChI is InChI=1S/C21H16N2O/c1-21(2,24-19-11-7-16(15-22)8-12-19)14-13-18-10-9-17-5-3-4-6-20(17)23-18/h3-12H,1-2H3. The van der Waals surface area contributed by atoms with Gasteiger partial charge in [0.25, 0.3) is 0 Å². The zero-order chi connectivity index (χ0) is 17.0. The molecule has 0 fully saturated rings. The molecular weight excluding hydrogens is 296 g/mol. The average Bonchev–Trinajstić information content (AvgIpc) is 2.60. The summed E-state index contributed by atoms with van der Waals surface area (Å²) in [4.78, 5) is 4.54. The van der Waals surface area contributed by atoms with Gasteiger partial charge in [0.15, 0.2) is 5.60 Å². The van der Waals surface area contributed by atoms with Crippen LogP contribution in [0.2, 0.25) is 0 Å². The molecule has 116 valence electrons. The first-order chi connectivity index (χ1) is 11.6. The lowest BCUT2D eigenvalue weighted by molar-refractivity contribution is 0.172. The lowest BCUT2D eigenvalue weighted by atomic mass is 10.1. The molecule has 0 aliphatic heterocycles. The number of fused-ring (bicyclic) bond motifs is 1. The molecule has 2 aromatic carbocycles. The van der Waals surface area contributed by atoms with Crippen molar-refractivity contribution in [2.24, 2.45) is 0 Å². The van der Waals surface area contributed by atoms with Gasteiger partial charge in [-0.3, -0.25) is 0 Å². The second-order valence-corrected chi connectivity index (χ2v) is 5.89. The van der Waals surface area contributed by atoms with Crippen molar-refractivity contribution in [1.82, 2.24) is 4.98 Å². The molecule has 0 radical (unpaired) electrons. The fourth-order valence-corrected chi connectivity index (χ4v) is 2.27. The minimum absolute atomic E-state index is 0.603. The van der Waals surface area contributed by atoms with Gasteiger partial charge in [-0.1, -0.05) is 24.3 Å². The summed E-state index contributed by atoms with van der Waals surface area (Å²) in [5.74, 6) is 6.88. The van der Waals surface area contributed by atoms with E-state index >= 15 is 0 Å². The van der Waals surface area contributed by atoms with Gasteiger partial charge in [0, 0.05) is 5.39 Å².